The van der Waals surface area contributed by atoms with Crippen LogP contribution in [0.2, 0.25) is 0 Å². The first-order valence-corrected chi connectivity index (χ1v) is 10.7. The second-order valence-electron chi connectivity index (χ2n) is 7.11. The average molecular weight is 424 g/mol. The molecule has 2 aromatic carbocycles. The lowest BCUT2D eigenvalue weighted by Gasteiger charge is -2.11. The molecule has 0 saturated heterocycles. The molecule has 2 amide bonds. The van der Waals surface area contributed by atoms with Crippen molar-refractivity contribution < 1.29 is 9.59 Å². The second kappa shape index (κ2) is 10.1. The van der Waals surface area contributed by atoms with Gasteiger partial charge in [0, 0.05) is 19.5 Å². The summed E-state index contributed by atoms with van der Waals surface area (Å²) in [6, 6.07) is 16.6. The summed E-state index contributed by atoms with van der Waals surface area (Å²) < 4.78 is 1.90. The lowest BCUT2D eigenvalue weighted by molar-refractivity contribution is -0.113. The predicted molar refractivity (Wildman–Crippen MR) is 118 cm³/mol. The standard InChI is InChI=1S/C22H25N5O2S/c1-15(2)20-25-26-22(27(20)3)30-14-19(28)24-18-12-8-7-11-17(18)21(29)23-13-16-9-5-4-6-10-16/h4-12,15H,13-14H2,1-3H3,(H,23,29)(H,24,28). The van der Waals surface area contributed by atoms with Crippen LogP contribution >= 0.6 is 11.8 Å². The number of carbonyl (C=O) groups excluding carboxylic acids is 2. The van der Waals surface area contributed by atoms with Crippen LogP contribution in [0.5, 0.6) is 0 Å². The highest BCUT2D eigenvalue weighted by atomic mass is 32.2. The monoisotopic (exact) mass is 423 g/mol. The van der Waals surface area contributed by atoms with Crippen LogP contribution in [0.15, 0.2) is 59.8 Å². The minimum Gasteiger partial charge on any atom is -0.348 e. The molecule has 1 heterocycles. The molecule has 0 unspecified atom stereocenters. The van der Waals surface area contributed by atoms with Crippen molar-refractivity contribution in [2.75, 3.05) is 11.1 Å². The second-order valence-corrected chi connectivity index (χ2v) is 8.05. The Balaban J connectivity index is 1.60. The van der Waals surface area contributed by atoms with Crippen molar-refractivity contribution in [3.8, 4) is 0 Å². The van der Waals surface area contributed by atoms with Gasteiger partial charge in [-0.2, -0.15) is 0 Å². The van der Waals surface area contributed by atoms with Crippen molar-refractivity contribution in [1.29, 1.82) is 0 Å². The van der Waals surface area contributed by atoms with E-state index in [1.54, 1.807) is 24.3 Å². The quantitative estimate of drug-likeness (QED) is 0.541. The zero-order chi connectivity index (χ0) is 21.5. The summed E-state index contributed by atoms with van der Waals surface area (Å²) in [7, 11) is 1.89. The topological polar surface area (TPSA) is 88.9 Å². The van der Waals surface area contributed by atoms with E-state index in [9.17, 15) is 9.59 Å². The molecule has 8 heteroatoms. The fraction of sp³-hybridized carbons (Fsp3) is 0.273. The van der Waals surface area contributed by atoms with Crippen LogP contribution in [0.1, 0.15) is 41.5 Å². The predicted octanol–water partition coefficient (Wildman–Crippen LogP) is 3.60. The fourth-order valence-electron chi connectivity index (χ4n) is 2.93. The molecule has 0 aliphatic heterocycles. The number of amides is 2. The van der Waals surface area contributed by atoms with Crippen LogP contribution in [0, 0.1) is 0 Å². The molecule has 0 saturated carbocycles. The average Bonchev–Trinajstić information content (AvgIpc) is 3.12. The molecule has 0 aliphatic carbocycles. The van der Waals surface area contributed by atoms with Gasteiger partial charge in [0.1, 0.15) is 5.82 Å². The molecule has 0 aliphatic rings. The molecule has 0 radical (unpaired) electrons. The van der Waals surface area contributed by atoms with Crippen LogP contribution in [0.3, 0.4) is 0 Å². The molecule has 0 fully saturated rings. The van der Waals surface area contributed by atoms with Gasteiger partial charge < -0.3 is 15.2 Å². The van der Waals surface area contributed by atoms with E-state index in [4.69, 9.17) is 0 Å². The molecule has 0 spiro atoms. The number of nitrogens with zero attached hydrogens (tertiary/aromatic N) is 3. The summed E-state index contributed by atoms with van der Waals surface area (Å²) in [5.41, 5.74) is 1.91. The number of thioether (sulfide) groups is 1. The maximum atomic E-state index is 12.6. The van der Waals surface area contributed by atoms with Gasteiger partial charge >= 0.3 is 0 Å². The molecule has 1 aromatic heterocycles. The van der Waals surface area contributed by atoms with E-state index in [2.05, 4.69) is 20.8 Å². The molecule has 2 N–H and O–H groups in total. The summed E-state index contributed by atoms with van der Waals surface area (Å²) in [5.74, 6) is 0.851. The Morgan fingerprint density at radius 1 is 1.03 bits per heavy atom. The largest absolute Gasteiger partial charge is 0.348 e. The van der Waals surface area contributed by atoms with Gasteiger partial charge in [-0.15, -0.1) is 10.2 Å². The molecule has 3 aromatic rings. The highest BCUT2D eigenvalue weighted by Gasteiger charge is 2.16. The Kier molecular flexibility index (Phi) is 7.24. The number of anilines is 1. The highest BCUT2D eigenvalue weighted by molar-refractivity contribution is 7.99. The van der Waals surface area contributed by atoms with E-state index in [1.165, 1.54) is 11.8 Å². The van der Waals surface area contributed by atoms with Gasteiger partial charge in [-0.1, -0.05) is 68.1 Å². The normalized spacial score (nSPS) is 10.8. The maximum Gasteiger partial charge on any atom is 0.253 e. The summed E-state index contributed by atoms with van der Waals surface area (Å²) in [4.78, 5) is 25.1. The summed E-state index contributed by atoms with van der Waals surface area (Å²) >= 11 is 1.31. The Morgan fingerprint density at radius 3 is 2.43 bits per heavy atom. The van der Waals surface area contributed by atoms with Gasteiger partial charge in [-0.05, 0) is 17.7 Å². The third-order valence-corrected chi connectivity index (χ3v) is 5.48. The third kappa shape index (κ3) is 5.48. The van der Waals surface area contributed by atoms with Gasteiger partial charge in [0.2, 0.25) is 5.91 Å². The first-order valence-electron chi connectivity index (χ1n) is 9.68. The number of hydrogen-bond donors (Lipinski definition) is 2. The highest BCUT2D eigenvalue weighted by Crippen LogP contribution is 2.21. The zero-order valence-electron chi connectivity index (χ0n) is 17.3. The SMILES string of the molecule is CC(C)c1nnc(SCC(=O)Nc2ccccc2C(=O)NCc2ccccc2)n1C. The number of carbonyl (C=O) groups is 2. The Bertz CT molecular complexity index is 1020. The van der Waals surface area contributed by atoms with E-state index in [0.717, 1.165) is 11.4 Å². The zero-order valence-corrected chi connectivity index (χ0v) is 18.1. The third-order valence-electron chi connectivity index (χ3n) is 4.46. The first kappa shape index (κ1) is 21.6. The van der Waals surface area contributed by atoms with Gasteiger partial charge in [0.05, 0.1) is 17.0 Å². The van der Waals surface area contributed by atoms with Crippen molar-refractivity contribution >= 4 is 29.3 Å². The molecular formula is C22H25N5O2S. The van der Waals surface area contributed by atoms with Crippen LogP contribution in [-0.4, -0.2) is 32.3 Å². The van der Waals surface area contributed by atoms with E-state index in [1.807, 2.05) is 55.8 Å². The van der Waals surface area contributed by atoms with Crippen molar-refractivity contribution in [3.05, 3.63) is 71.5 Å². The van der Waals surface area contributed by atoms with Crippen LogP contribution in [0.4, 0.5) is 5.69 Å². The van der Waals surface area contributed by atoms with E-state index < -0.39 is 0 Å². The molecule has 0 bridgehead atoms. The van der Waals surface area contributed by atoms with E-state index in [-0.39, 0.29) is 23.5 Å². The number of benzene rings is 2. The summed E-state index contributed by atoms with van der Waals surface area (Å²) in [6.07, 6.45) is 0. The van der Waals surface area contributed by atoms with Crippen LogP contribution in [-0.2, 0) is 18.4 Å². The maximum absolute atomic E-state index is 12.6. The summed E-state index contributed by atoms with van der Waals surface area (Å²) in [6.45, 7) is 4.51. The molecular weight excluding hydrogens is 398 g/mol. The van der Waals surface area contributed by atoms with Crippen molar-refractivity contribution in [2.45, 2.75) is 31.5 Å². The fourth-order valence-corrected chi connectivity index (χ4v) is 3.65. The first-order chi connectivity index (χ1) is 14.5. The molecule has 3 rings (SSSR count). The summed E-state index contributed by atoms with van der Waals surface area (Å²) in [5, 5.41) is 14.7. The number of hydrogen-bond acceptors (Lipinski definition) is 5. The number of aromatic nitrogens is 3. The van der Waals surface area contributed by atoms with Gasteiger partial charge in [-0.25, -0.2) is 0 Å². The Labute approximate surface area is 180 Å². The minimum atomic E-state index is -0.239. The Morgan fingerprint density at radius 2 is 1.73 bits per heavy atom. The van der Waals surface area contributed by atoms with Gasteiger partial charge in [0.15, 0.2) is 5.16 Å². The number of rotatable bonds is 8. The lowest BCUT2D eigenvalue weighted by atomic mass is 10.1. The van der Waals surface area contributed by atoms with E-state index >= 15 is 0 Å². The number of nitrogens with one attached hydrogen (secondary N) is 2. The Hall–Kier alpha value is -3.13. The molecule has 0 atom stereocenters. The van der Waals surface area contributed by atoms with E-state index in [0.29, 0.717) is 23.0 Å². The van der Waals surface area contributed by atoms with Crippen LogP contribution in [0.25, 0.3) is 0 Å². The lowest BCUT2D eigenvalue weighted by Crippen LogP contribution is -2.25. The number of para-hydroxylation sites is 1. The molecule has 156 valence electrons. The van der Waals surface area contributed by atoms with Gasteiger partial charge in [-0.3, -0.25) is 9.59 Å². The smallest absolute Gasteiger partial charge is 0.253 e. The molecule has 30 heavy (non-hydrogen) atoms. The van der Waals surface area contributed by atoms with Crippen molar-refractivity contribution in [1.82, 2.24) is 20.1 Å². The van der Waals surface area contributed by atoms with Crippen LogP contribution < -0.4 is 10.6 Å². The van der Waals surface area contributed by atoms with Crippen molar-refractivity contribution in [2.24, 2.45) is 7.05 Å². The minimum absolute atomic E-state index is 0.171. The van der Waals surface area contributed by atoms with Crippen molar-refractivity contribution in [3.63, 3.8) is 0 Å². The molecule has 7 nitrogen and oxygen atoms in total. The van der Waals surface area contributed by atoms with Gasteiger partial charge in [0.25, 0.3) is 5.91 Å².